The lowest BCUT2D eigenvalue weighted by Gasteiger charge is -2.47. The molecule has 6 heteroatoms. The van der Waals surface area contributed by atoms with E-state index in [-0.39, 0.29) is 11.5 Å². The Kier molecular flexibility index (Phi) is 4.40. The first kappa shape index (κ1) is 16.8. The first-order valence-electron chi connectivity index (χ1n) is 9.57. The molecule has 0 bridgehead atoms. The summed E-state index contributed by atoms with van der Waals surface area (Å²) < 4.78 is 6.12. The molecule has 1 aromatic rings. The number of piperidine rings is 1. The zero-order valence-corrected chi connectivity index (χ0v) is 15.4. The number of morpholine rings is 1. The van der Waals surface area contributed by atoms with Crippen LogP contribution in [0.25, 0.3) is 0 Å². The van der Waals surface area contributed by atoms with E-state index in [9.17, 15) is 4.79 Å². The molecule has 25 heavy (non-hydrogen) atoms. The Bertz CT molecular complexity index is 668. The number of hydrogen-bond donors (Lipinski definition) is 0. The Hall–Kier alpha value is -1.69. The van der Waals surface area contributed by atoms with Gasteiger partial charge in [0.25, 0.3) is 0 Å². The molecule has 0 atom stereocenters. The predicted molar refractivity (Wildman–Crippen MR) is 95.8 cm³/mol. The number of nitrogens with zero attached hydrogens (tertiary/aromatic N) is 4. The van der Waals surface area contributed by atoms with Crippen molar-refractivity contribution in [2.24, 2.45) is 0 Å². The Morgan fingerprint density at radius 1 is 1.12 bits per heavy atom. The first-order valence-corrected chi connectivity index (χ1v) is 9.57. The molecule has 1 amide bonds. The number of amides is 1. The van der Waals surface area contributed by atoms with Crippen molar-refractivity contribution in [1.29, 1.82) is 0 Å². The number of aryl methyl sites for hydroxylation is 2. The number of rotatable bonds is 1. The zero-order chi connectivity index (χ0) is 17.4. The van der Waals surface area contributed by atoms with Gasteiger partial charge in [-0.3, -0.25) is 4.79 Å². The maximum atomic E-state index is 11.7. The lowest BCUT2D eigenvalue weighted by atomic mass is 9.89. The highest BCUT2D eigenvalue weighted by molar-refractivity contribution is 5.73. The second-order valence-electron chi connectivity index (χ2n) is 7.70. The van der Waals surface area contributed by atoms with E-state index >= 15 is 0 Å². The maximum absolute atomic E-state index is 11.7. The lowest BCUT2D eigenvalue weighted by molar-refractivity contribution is -0.152. The van der Waals surface area contributed by atoms with Crippen LogP contribution in [-0.4, -0.2) is 59.2 Å². The topological polar surface area (TPSA) is 58.6 Å². The van der Waals surface area contributed by atoms with E-state index in [4.69, 9.17) is 14.7 Å². The van der Waals surface area contributed by atoms with Crippen LogP contribution in [0, 0.1) is 6.92 Å². The second kappa shape index (κ2) is 6.56. The number of carbonyl (C=O) groups excluding carboxylic acids is 1. The third kappa shape index (κ3) is 3.24. The van der Waals surface area contributed by atoms with Crippen molar-refractivity contribution in [1.82, 2.24) is 14.9 Å². The highest BCUT2D eigenvalue weighted by atomic mass is 16.5. The number of aromatic nitrogens is 2. The summed E-state index contributed by atoms with van der Waals surface area (Å²) in [5, 5.41) is 0. The van der Waals surface area contributed by atoms with Gasteiger partial charge in [-0.2, -0.15) is 0 Å². The van der Waals surface area contributed by atoms with Crippen LogP contribution in [0.2, 0.25) is 0 Å². The van der Waals surface area contributed by atoms with Crippen LogP contribution in [-0.2, 0) is 22.4 Å². The lowest BCUT2D eigenvalue weighted by Crippen LogP contribution is -2.58. The molecule has 1 aliphatic carbocycles. The molecule has 4 rings (SSSR count). The van der Waals surface area contributed by atoms with Crippen molar-refractivity contribution >= 4 is 11.9 Å². The minimum Gasteiger partial charge on any atom is -0.371 e. The van der Waals surface area contributed by atoms with Crippen LogP contribution in [0.5, 0.6) is 0 Å². The fourth-order valence-electron chi connectivity index (χ4n) is 4.44. The van der Waals surface area contributed by atoms with Gasteiger partial charge in [0.05, 0.1) is 12.2 Å². The standard InChI is InChI=1S/C19H28N4O2/c1-14-16-5-3-4-6-17(16)21-18(20-14)22-9-7-19(8-10-22)13-23(15(2)24)11-12-25-19/h3-13H2,1-2H3. The van der Waals surface area contributed by atoms with Crippen LogP contribution < -0.4 is 4.90 Å². The number of hydrogen-bond acceptors (Lipinski definition) is 5. The molecule has 0 N–H and O–H groups in total. The van der Waals surface area contributed by atoms with Crippen LogP contribution >= 0.6 is 0 Å². The smallest absolute Gasteiger partial charge is 0.225 e. The van der Waals surface area contributed by atoms with Crippen molar-refractivity contribution in [3.05, 3.63) is 17.0 Å². The van der Waals surface area contributed by atoms with Crippen LogP contribution in [0.15, 0.2) is 0 Å². The second-order valence-corrected chi connectivity index (χ2v) is 7.70. The van der Waals surface area contributed by atoms with Gasteiger partial charge in [-0.05, 0) is 51.0 Å². The van der Waals surface area contributed by atoms with Gasteiger partial charge in [0.2, 0.25) is 11.9 Å². The van der Waals surface area contributed by atoms with E-state index in [1.165, 1.54) is 24.1 Å². The van der Waals surface area contributed by atoms with E-state index in [1.54, 1.807) is 6.92 Å². The molecule has 0 saturated carbocycles. The number of fused-ring (bicyclic) bond motifs is 1. The summed E-state index contributed by atoms with van der Waals surface area (Å²) in [7, 11) is 0. The third-order valence-corrected chi connectivity index (χ3v) is 6.03. The fraction of sp³-hybridized carbons (Fsp3) is 0.737. The van der Waals surface area contributed by atoms with Crippen molar-refractivity contribution in [3.63, 3.8) is 0 Å². The molecule has 6 nitrogen and oxygen atoms in total. The van der Waals surface area contributed by atoms with Gasteiger partial charge in [0.15, 0.2) is 0 Å². The molecule has 2 saturated heterocycles. The maximum Gasteiger partial charge on any atom is 0.225 e. The minimum atomic E-state index is -0.177. The van der Waals surface area contributed by atoms with Gasteiger partial charge < -0.3 is 14.5 Å². The Morgan fingerprint density at radius 2 is 1.88 bits per heavy atom. The summed E-state index contributed by atoms with van der Waals surface area (Å²) in [6, 6.07) is 0. The van der Waals surface area contributed by atoms with Crippen molar-refractivity contribution < 1.29 is 9.53 Å². The van der Waals surface area contributed by atoms with Gasteiger partial charge in [-0.25, -0.2) is 9.97 Å². The summed E-state index contributed by atoms with van der Waals surface area (Å²) >= 11 is 0. The molecule has 3 aliphatic rings. The van der Waals surface area contributed by atoms with E-state index in [2.05, 4.69) is 11.8 Å². The largest absolute Gasteiger partial charge is 0.371 e. The molecule has 2 fully saturated rings. The van der Waals surface area contributed by atoms with Gasteiger partial charge >= 0.3 is 0 Å². The van der Waals surface area contributed by atoms with Gasteiger partial charge in [0, 0.05) is 44.5 Å². The number of ether oxygens (including phenoxy) is 1. The molecule has 1 aromatic heterocycles. The highest BCUT2D eigenvalue weighted by Crippen LogP contribution is 2.32. The predicted octanol–water partition coefficient (Wildman–Crippen LogP) is 1.88. The Balaban J connectivity index is 1.47. The van der Waals surface area contributed by atoms with E-state index in [0.29, 0.717) is 13.2 Å². The average Bonchev–Trinajstić information content (AvgIpc) is 2.62. The summed E-state index contributed by atoms with van der Waals surface area (Å²) in [5.74, 6) is 1.03. The molecule has 0 unspecified atom stereocenters. The van der Waals surface area contributed by atoms with Gasteiger partial charge in [0.1, 0.15) is 0 Å². The van der Waals surface area contributed by atoms with E-state index < -0.39 is 0 Å². The SMILES string of the molecule is CC(=O)N1CCOC2(CCN(c3nc(C)c4c(n3)CCCC4)CC2)C1. The molecule has 0 radical (unpaired) electrons. The molecule has 136 valence electrons. The summed E-state index contributed by atoms with van der Waals surface area (Å²) in [4.78, 5) is 25.6. The van der Waals surface area contributed by atoms with Crippen molar-refractivity contribution in [3.8, 4) is 0 Å². The molecule has 0 aromatic carbocycles. The van der Waals surface area contributed by atoms with E-state index in [0.717, 1.165) is 57.0 Å². The Morgan fingerprint density at radius 3 is 2.64 bits per heavy atom. The number of anilines is 1. The third-order valence-electron chi connectivity index (χ3n) is 6.03. The van der Waals surface area contributed by atoms with Crippen molar-refractivity contribution in [2.75, 3.05) is 37.7 Å². The fourth-order valence-corrected chi connectivity index (χ4v) is 4.44. The van der Waals surface area contributed by atoms with Crippen LogP contribution in [0.3, 0.4) is 0 Å². The Labute approximate surface area is 149 Å². The summed E-state index contributed by atoms with van der Waals surface area (Å²) in [5.41, 5.74) is 3.60. The first-order chi connectivity index (χ1) is 12.1. The summed E-state index contributed by atoms with van der Waals surface area (Å²) in [6.07, 6.45) is 6.56. The van der Waals surface area contributed by atoms with Gasteiger partial charge in [-0.1, -0.05) is 0 Å². The molecular weight excluding hydrogens is 316 g/mol. The summed E-state index contributed by atoms with van der Waals surface area (Å²) in [6.45, 7) is 7.64. The normalized spacial score (nSPS) is 22.8. The molecule has 2 aliphatic heterocycles. The zero-order valence-electron chi connectivity index (χ0n) is 15.4. The molecule has 1 spiro atoms. The highest BCUT2D eigenvalue weighted by Gasteiger charge is 2.41. The average molecular weight is 344 g/mol. The molecular formula is C19H28N4O2. The van der Waals surface area contributed by atoms with Crippen LogP contribution in [0.4, 0.5) is 5.95 Å². The van der Waals surface area contributed by atoms with Crippen molar-refractivity contribution in [2.45, 2.75) is 58.0 Å². The van der Waals surface area contributed by atoms with Gasteiger partial charge in [-0.15, -0.1) is 0 Å². The number of carbonyl (C=O) groups is 1. The molecule has 3 heterocycles. The minimum absolute atomic E-state index is 0.152. The van der Waals surface area contributed by atoms with Crippen LogP contribution in [0.1, 0.15) is 49.6 Å². The quantitative estimate of drug-likeness (QED) is 0.778. The monoisotopic (exact) mass is 344 g/mol. The van der Waals surface area contributed by atoms with E-state index in [1.807, 2.05) is 4.90 Å².